The van der Waals surface area contributed by atoms with Crippen molar-refractivity contribution in [3.8, 4) is 10.6 Å². The molecule has 0 radical (unpaired) electrons. The van der Waals surface area contributed by atoms with Crippen molar-refractivity contribution in [2.75, 3.05) is 0 Å². The summed E-state index contributed by atoms with van der Waals surface area (Å²) in [6.07, 6.45) is 7.66. The molecule has 0 aliphatic heterocycles. The summed E-state index contributed by atoms with van der Waals surface area (Å²) in [6, 6.07) is 3.14. The van der Waals surface area contributed by atoms with E-state index < -0.39 is 0 Å². The van der Waals surface area contributed by atoms with E-state index in [2.05, 4.69) is 15.0 Å². The Labute approximate surface area is 146 Å². The predicted octanol–water partition coefficient (Wildman–Crippen LogP) is 3.35. The molecule has 0 aromatic carbocycles. The minimum absolute atomic E-state index is 0.0152. The molecular formula is C18H24N4OS. The van der Waals surface area contributed by atoms with Crippen molar-refractivity contribution in [3.05, 3.63) is 33.2 Å². The second kappa shape index (κ2) is 6.41. The molecule has 5 nitrogen and oxygen atoms in total. The van der Waals surface area contributed by atoms with Gasteiger partial charge in [-0.15, -0.1) is 11.3 Å². The van der Waals surface area contributed by atoms with Crippen LogP contribution in [0.3, 0.4) is 0 Å². The Morgan fingerprint density at radius 1 is 1.17 bits per heavy atom. The monoisotopic (exact) mass is 344 g/mol. The third kappa shape index (κ3) is 3.17. The van der Waals surface area contributed by atoms with E-state index in [1.807, 2.05) is 25.3 Å². The third-order valence-corrected chi connectivity index (χ3v) is 6.05. The first-order valence-corrected chi connectivity index (χ1v) is 9.77. The van der Waals surface area contributed by atoms with Gasteiger partial charge in [-0.1, -0.05) is 12.8 Å². The van der Waals surface area contributed by atoms with Crippen LogP contribution < -0.4 is 5.56 Å². The normalized spacial score (nSPS) is 18.6. The van der Waals surface area contributed by atoms with Crippen molar-refractivity contribution in [2.24, 2.45) is 0 Å². The molecule has 2 aromatic rings. The molecule has 4 rings (SSSR count). The molecule has 2 aliphatic rings. The Morgan fingerprint density at radius 2 is 1.88 bits per heavy atom. The number of thiazole rings is 1. The molecule has 24 heavy (non-hydrogen) atoms. The van der Waals surface area contributed by atoms with Gasteiger partial charge in [-0.05, 0) is 45.6 Å². The first-order chi connectivity index (χ1) is 11.6. The van der Waals surface area contributed by atoms with Gasteiger partial charge in [0, 0.05) is 23.2 Å². The molecule has 2 heterocycles. The average Bonchev–Trinajstić information content (AvgIpc) is 3.06. The van der Waals surface area contributed by atoms with Gasteiger partial charge in [0.15, 0.2) is 0 Å². The van der Waals surface area contributed by atoms with E-state index >= 15 is 0 Å². The van der Waals surface area contributed by atoms with Crippen LogP contribution in [0, 0.1) is 13.8 Å². The van der Waals surface area contributed by atoms with Crippen molar-refractivity contribution in [1.29, 1.82) is 0 Å². The standard InChI is InChI=1S/C18H24N4OS/c1-12-9-16(17-19-13(2)10-24-17)18(23)22(20-12)11-21(15-7-8-15)14-5-3-4-6-14/h9-10,14-15H,3-8,11H2,1-2H3. The van der Waals surface area contributed by atoms with E-state index in [1.54, 1.807) is 4.68 Å². The second-order valence-corrected chi connectivity index (χ2v) is 7.98. The van der Waals surface area contributed by atoms with Gasteiger partial charge in [-0.2, -0.15) is 5.10 Å². The van der Waals surface area contributed by atoms with Crippen LogP contribution in [0.5, 0.6) is 0 Å². The molecule has 2 saturated carbocycles. The largest absolute Gasteiger partial charge is 0.278 e. The molecule has 0 N–H and O–H groups in total. The Kier molecular flexibility index (Phi) is 4.26. The summed E-state index contributed by atoms with van der Waals surface area (Å²) in [7, 11) is 0. The predicted molar refractivity (Wildman–Crippen MR) is 96.2 cm³/mol. The minimum Gasteiger partial charge on any atom is -0.278 e. The molecule has 0 bridgehead atoms. The highest BCUT2D eigenvalue weighted by Gasteiger charge is 2.35. The van der Waals surface area contributed by atoms with Crippen LogP contribution in [-0.4, -0.2) is 31.7 Å². The minimum atomic E-state index is -0.0152. The van der Waals surface area contributed by atoms with E-state index in [1.165, 1.54) is 49.9 Å². The van der Waals surface area contributed by atoms with Crippen LogP contribution in [0.2, 0.25) is 0 Å². The van der Waals surface area contributed by atoms with Crippen LogP contribution >= 0.6 is 11.3 Å². The van der Waals surface area contributed by atoms with E-state index in [0.29, 0.717) is 24.3 Å². The van der Waals surface area contributed by atoms with Crippen molar-refractivity contribution >= 4 is 11.3 Å². The Bertz CT molecular complexity index is 787. The lowest BCUT2D eigenvalue weighted by atomic mass is 10.2. The fraction of sp³-hybridized carbons (Fsp3) is 0.611. The van der Waals surface area contributed by atoms with E-state index in [-0.39, 0.29) is 5.56 Å². The first kappa shape index (κ1) is 16.0. The van der Waals surface area contributed by atoms with Gasteiger partial charge in [0.25, 0.3) is 5.56 Å². The zero-order chi connectivity index (χ0) is 16.7. The summed E-state index contributed by atoms with van der Waals surface area (Å²) in [5.74, 6) is 0. The summed E-state index contributed by atoms with van der Waals surface area (Å²) in [6.45, 7) is 4.53. The Hall–Kier alpha value is -1.53. The number of hydrogen-bond donors (Lipinski definition) is 0. The topological polar surface area (TPSA) is 51.0 Å². The van der Waals surface area contributed by atoms with Crippen LogP contribution in [0.15, 0.2) is 16.2 Å². The summed E-state index contributed by atoms with van der Waals surface area (Å²) < 4.78 is 1.66. The van der Waals surface area contributed by atoms with Crippen molar-refractivity contribution < 1.29 is 0 Å². The fourth-order valence-electron chi connectivity index (χ4n) is 3.73. The highest BCUT2D eigenvalue weighted by atomic mass is 32.1. The van der Waals surface area contributed by atoms with Crippen molar-refractivity contribution in [1.82, 2.24) is 19.7 Å². The van der Waals surface area contributed by atoms with Crippen molar-refractivity contribution in [2.45, 2.75) is 71.1 Å². The number of hydrogen-bond acceptors (Lipinski definition) is 5. The number of aromatic nitrogens is 3. The van der Waals surface area contributed by atoms with Gasteiger partial charge in [0.05, 0.1) is 17.9 Å². The molecule has 2 fully saturated rings. The molecule has 0 spiro atoms. The van der Waals surface area contributed by atoms with Gasteiger partial charge in [-0.25, -0.2) is 9.67 Å². The Balaban J connectivity index is 1.67. The number of nitrogens with zero attached hydrogens (tertiary/aromatic N) is 4. The van der Waals surface area contributed by atoms with Gasteiger partial charge >= 0.3 is 0 Å². The number of rotatable bonds is 5. The van der Waals surface area contributed by atoms with Crippen LogP contribution in [0.1, 0.15) is 49.9 Å². The lowest BCUT2D eigenvalue weighted by Crippen LogP contribution is -2.41. The maximum Gasteiger partial charge on any atom is 0.278 e. The Morgan fingerprint density at radius 3 is 2.50 bits per heavy atom. The summed E-state index contributed by atoms with van der Waals surface area (Å²) in [5.41, 5.74) is 2.50. The van der Waals surface area contributed by atoms with Gasteiger partial charge in [0.1, 0.15) is 5.01 Å². The molecule has 2 aromatic heterocycles. The van der Waals surface area contributed by atoms with E-state index in [0.717, 1.165) is 16.4 Å². The van der Waals surface area contributed by atoms with Crippen LogP contribution in [0.4, 0.5) is 0 Å². The maximum absolute atomic E-state index is 13.0. The highest BCUT2D eigenvalue weighted by Crippen LogP contribution is 2.34. The average molecular weight is 344 g/mol. The zero-order valence-corrected chi connectivity index (χ0v) is 15.2. The summed E-state index contributed by atoms with van der Waals surface area (Å²) in [4.78, 5) is 20.0. The first-order valence-electron chi connectivity index (χ1n) is 8.89. The molecule has 2 aliphatic carbocycles. The second-order valence-electron chi connectivity index (χ2n) is 7.12. The quantitative estimate of drug-likeness (QED) is 0.835. The van der Waals surface area contributed by atoms with Gasteiger partial charge < -0.3 is 0 Å². The maximum atomic E-state index is 13.0. The zero-order valence-electron chi connectivity index (χ0n) is 14.4. The van der Waals surface area contributed by atoms with Crippen LogP contribution in [0.25, 0.3) is 10.6 Å². The van der Waals surface area contributed by atoms with Crippen molar-refractivity contribution in [3.63, 3.8) is 0 Å². The SMILES string of the molecule is Cc1csc(-c2cc(C)nn(CN(C3CCCC3)C3CC3)c2=O)n1. The lowest BCUT2D eigenvalue weighted by Gasteiger charge is -2.29. The molecule has 128 valence electrons. The van der Waals surface area contributed by atoms with E-state index in [4.69, 9.17) is 0 Å². The highest BCUT2D eigenvalue weighted by molar-refractivity contribution is 7.13. The molecule has 0 amide bonds. The third-order valence-electron chi connectivity index (χ3n) is 5.05. The molecular weight excluding hydrogens is 320 g/mol. The number of aryl methyl sites for hydroxylation is 2. The smallest absolute Gasteiger partial charge is 0.278 e. The molecule has 0 unspecified atom stereocenters. The summed E-state index contributed by atoms with van der Waals surface area (Å²) >= 11 is 1.53. The van der Waals surface area contributed by atoms with Gasteiger partial charge in [0.2, 0.25) is 0 Å². The molecule has 0 saturated heterocycles. The molecule has 6 heteroatoms. The fourth-order valence-corrected chi connectivity index (χ4v) is 4.53. The lowest BCUT2D eigenvalue weighted by molar-refractivity contribution is 0.132. The van der Waals surface area contributed by atoms with Crippen LogP contribution in [-0.2, 0) is 6.67 Å². The van der Waals surface area contributed by atoms with Gasteiger partial charge in [-0.3, -0.25) is 9.69 Å². The summed E-state index contributed by atoms with van der Waals surface area (Å²) in [5, 5.41) is 7.32. The molecule has 0 atom stereocenters. The van der Waals surface area contributed by atoms with E-state index in [9.17, 15) is 4.79 Å².